The number of hydrogen-bond acceptors (Lipinski definition) is 7. The minimum Gasteiger partial charge on any atom is -0.465 e. The Balaban J connectivity index is 1.65. The molecular formula is C24H16N4O3S. The SMILES string of the molecule is COC(=O)c1cc(-c2ccccc2)sc1NC(=O)/C(C#N)=C\c1cnc2ccccc2n1. The van der Waals surface area contributed by atoms with E-state index in [-0.39, 0.29) is 11.1 Å². The van der Waals surface area contributed by atoms with E-state index in [9.17, 15) is 14.9 Å². The first-order valence-corrected chi connectivity index (χ1v) is 10.3. The van der Waals surface area contributed by atoms with Gasteiger partial charge in [-0.25, -0.2) is 9.78 Å². The second kappa shape index (κ2) is 9.20. The molecule has 8 heteroatoms. The zero-order chi connectivity index (χ0) is 22.5. The first-order valence-electron chi connectivity index (χ1n) is 9.51. The van der Waals surface area contributed by atoms with Gasteiger partial charge in [-0.2, -0.15) is 5.26 Å². The molecule has 4 aromatic rings. The summed E-state index contributed by atoms with van der Waals surface area (Å²) in [4.78, 5) is 34.6. The fraction of sp³-hybridized carbons (Fsp3) is 0.0417. The largest absolute Gasteiger partial charge is 0.465 e. The Hall–Kier alpha value is -4.35. The summed E-state index contributed by atoms with van der Waals surface area (Å²) in [6, 6.07) is 20.3. The summed E-state index contributed by atoms with van der Waals surface area (Å²) in [7, 11) is 1.27. The second-order valence-electron chi connectivity index (χ2n) is 6.62. The number of benzene rings is 2. The van der Waals surface area contributed by atoms with E-state index in [1.807, 2.05) is 54.6 Å². The number of nitriles is 1. The van der Waals surface area contributed by atoms with Gasteiger partial charge in [0.1, 0.15) is 16.6 Å². The minimum atomic E-state index is -0.658. The number of para-hydroxylation sites is 2. The Morgan fingerprint density at radius 2 is 1.81 bits per heavy atom. The first-order chi connectivity index (χ1) is 15.6. The number of amides is 1. The molecule has 0 spiro atoms. The topological polar surface area (TPSA) is 105 Å². The van der Waals surface area contributed by atoms with E-state index in [1.54, 1.807) is 12.1 Å². The highest BCUT2D eigenvalue weighted by Gasteiger charge is 2.21. The molecule has 2 aromatic carbocycles. The van der Waals surface area contributed by atoms with E-state index < -0.39 is 11.9 Å². The Morgan fingerprint density at radius 3 is 2.53 bits per heavy atom. The fourth-order valence-corrected chi connectivity index (χ4v) is 4.04. The molecule has 0 fully saturated rings. The Kier molecular flexibility index (Phi) is 6.01. The number of hydrogen-bond donors (Lipinski definition) is 1. The van der Waals surface area contributed by atoms with Gasteiger partial charge in [-0.05, 0) is 29.8 Å². The number of aromatic nitrogens is 2. The minimum absolute atomic E-state index is 0.167. The molecule has 0 saturated heterocycles. The predicted molar refractivity (Wildman–Crippen MR) is 123 cm³/mol. The molecule has 0 atom stereocenters. The molecule has 1 amide bonds. The van der Waals surface area contributed by atoms with Gasteiger partial charge in [-0.15, -0.1) is 11.3 Å². The van der Waals surface area contributed by atoms with Crippen molar-refractivity contribution in [3.63, 3.8) is 0 Å². The lowest BCUT2D eigenvalue weighted by atomic mass is 10.1. The summed E-state index contributed by atoms with van der Waals surface area (Å²) in [6.45, 7) is 0. The van der Waals surface area contributed by atoms with Crippen molar-refractivity contribution in [2.24, 2.45) is 0 Å². The smallest absolute Gasteiger partial charge is 0.340 e. The quantitative estimate of drug-likeness (QED) is 0.274. The van der Waals surface area contributed by atoms with Gasteiger partial charge in [0.25, 0.3) is 5.91 Å². The third-order valence-electron chi connectivity index (χ3n) is 4.55. The number of esters is 1. The molecule has 1 N–H and O–H groups in total. The number of fused-ring (bicyclic) bond motifs is 1. The molecule has 0 aliphatic rings. The monoisotopic (exact) mass is 440 g/mol. The molecule has 156 valence electrons. The number of thiophene rings is 1. The number of ether oxygens (including phenoxy) is 1. The number of nitrogens with one attached hydrogen (secondary N) is 1. The van der Waals surface area contributed by atoms with E-state index in [2.05, 4.69) is 15.3 Å². The van der Waals surface area contributed by atoms with E-state index >= 15 is 0 Å². The zero-order valence-electron chi connectivity index (χ0n) is 16.9. The van der Waals surface area contributed by atoms with Gasteiger partial charge in [0.15, 0.2) is 0 Å². The van der Waals surface area contributed by atoms with Crippen LogP contribution >= 0.6 is 11.3 Å². The van der Waals surface area contributed by atoms with Crippen LogP contribution in [0.2, 0.25) is 0 Å². The zero-order valence-corrected chi connectivity index (χ0v) is 17.7. The maximum Gasteiger partial charge on any atom is 0.340 e. The average Bonchev–Trinajstić information content (AvgIpc) is 3.26. The van der Waals surface area contributed by atoms with Crippen LogP contribution in [0.4, 0.5) is 5.00 Å². The van der Waals surface area contributed by atoms with Gasteiger partial charge in [0.05, 0.1) is 35.6 Å². The van der Waals surface area contributed by atoms with Crippen LogP contribution in [-0.2, 0) is 9.53 Å². The van der Waals surface area contributed by atoms with Crippen LogP contribution in [-0.4, -0.2) is 29.0 Å². The highest BCUT2D eigenvalue weighted by atomic mass is 32.1. The summed E-state index contributed by atoms with van der Waals surface area (Å²) in [5.74, 6) is -1.24. The molecule has 0 aliphatic carbocycles. The molecule has 4 rings (SSSR count). The van der Waals surface area contributed by atoms with Crippen molar-refractivity contribution in [1.82, 2.24) is 9.97 Å². The highest BCUT2D eigenvalue weighted by molar-refractivity contribution is 7.20. The van der Waals surface area contributed by atoms with Crippen molar-refractivity contribution < 1.29 is 14.3 Å². The molecule has 2 aromatic heterocycles. The number of carbonyl (C=O) groups excluding carboxylic acids is 2. The standard InChI is InChI=1S/C24H16N4O3S/c1-31-24(30)18-12-21(15-7-3-2-4-8-15)32-23(18)28-22(29)16(13-25)11-17-14-26-19-9-5-6-10-20(19)27-17/h2-12,14H,1H3,(H,28,29)/b16-11-. The van der Waals surface area contributed by atoms with Gasteiger partial charge in [-0.3, -0.25) is 9.78 Å². The van der Waals surface area contributed by atoms with Gasteiger partial charge >= 0.3 is 5.97 Å². The van der Waals surface area contributed by atoms with E-state index in [0.717, 1.165) is 10.4 Å². The Bertz CT molecular complexity index is 1390. The van der Waals surface area contributed by atoms with Crippen LogP contribution < -0.4 is 5.32 Å². The van der Waals surface area contributed by atoms with Crippen molar-refractivity contribution in [2.75, 3.05) is 12.4 Å². The molecule has 7 nitrogen and oxygen atoms in total. The summed E-state index contributed by atoms with van der Waals surface area (Å²) >= 11 is 1.22. The predicted octanol–water partition coefficient (Wildman–Crippen LogP) is 4.69. The van der Waals surface area contributed by atoms with Crippen molar-refractivity contribution in [1.29, 1.82) is 5.26 Å². The van der Waals surface area contributed by atoms with Gasteiger partial charge in [-0.1, -0.05) is 42.5 Å². The van der Waals surface area contributed by atoms with Crippen molar-refractivity contribution >= 4 is 45.3 Å². The summed E-state index contributed by atoms with van der Waals surface area (Å²) in [5, 5.41) is 12.5. The summed E-state index contributed by atoms with van der Waals surface area (Å²) < 4.78 is 4.85. The number of anilines is 1. The lowest BCUT2D eigenvalue weighted by molar-refractivity contribution is -0.112. The third kappa shape index (κ3) is 4.38. The molecule has 0 aliphatic heterocycles. The first kappa shape index (κ1) is 20.9. The number of carbonyl (C=O) groups is 2. The summed E-state index contributed by atoms with van der Waals surface area (Å²) in [6.07, 6.45) is 2.85. The fourth-order valence-electron chi connectivity index (χ4n) is 3.00. The van der Waals surface area contributed by atoms with Gasteiger partial charge in [0.2, 0.25) is 0 Å². The van der Waals surface area contributed by atoms with Crippen molar-refractivity contribution in [3.05, 3.63) is 83.7 Å². The normalized spacial score (nSPS) is 11.1. The van der Waals surface area contributed by atoms with Crippen LogP contribution in [0, 0.1) is 11.3 Å². The average molecular weight is 440 g/mol. The van der Waals surface area contributed by atoms with Gasteiger partial charge in [0, 0.05) is 4.88 Å². The highest BCUT2D eigenvalue weighted by Crippen LogP contribution is 2.36. The molecule has 0 unspecified atom stereocenters. The van der Waals surface area contributed by atoms with Crippen LogP contribution in [0.15, 0.2) is 72.4 Å². The van der Waals surface area contributed by atoms with Crippen LogP contribution in [0.1, 0.15) is 16.1 Å². The van der Waals surface area contributed by atoms with Crippen LogP contribution in [0.3, 0.4) is 0 Å². The number of methoxy groups -OCH3 is 1. The third-order valence-corrected chi connectivity index (χ3v) is 5.65. The molecule has 0 saturated carbocycles. The number of nitrogens with zero attached hydrogens (tertiary/aromatic N) is 3. The van der Waals surface area contributed by atoms with E-state index in [0.29, 0.717) is 21.7 Å². The lowest BCUT2D eigenvalue weighted by Gasteiger charge is -2.04. The van der Waals surface area contributed by atoms with Crippen LogP contribution in [0.5, 0.6) is 0 Å². The molecular weight excluding hydrogens is 424 g/mol. The maximum absolute atomic E-state index is 12.8. The Morgan fingerprint density at radius 1 is 1.09 bits per heavy atom. The van der Waals surface area contributed by atoms with E-state index in [1.165, 1.54) is 30.7 Å². The van der Waals surface area contributed by atoms with Crippen molar-refractivity contribution in [3.8, 4) is 16.5 Å². The number of rotatable bonds is 5. The molecule has 2 heterocycles. The van der Waals surface area contributed by atoms with E-state index in [4.69, 9.17) is 4.74 Å². The Labute approximate surface area is 187 Å². The lowest BCUT2D eigenvalue weighted by Crippen LogP contribution is -2.15. The van der Waals surface area contributed by atoms with Crippen molar-refractivity contribution in [2.45, 2.75) is 0 Å². The molecule has 32 heavy (non-hydrogen) atoms. The van der Waals surface area contributed by atoms with Gasteiger partial charge < -0.3 is 10.1 Å². The van der Waals surface area contributed by atoms with Crippen LogP contribution in [0.25, 0.3) is 27.6 Å². The molecule has 0 radical (unpaired) electrons. The summed E-state index contributed by atoms with van der Waals surface area (Å²) in [5.41, 5.74) is 2.68. The molecule has 0 bridgehead atoms. The second-order valence-corrected chi connectivity index (χ2v) is 7.67. The maximum atomic E-state index is 12.8.